The molecule has 0 aromatic heterocycles. The smallest absolute Gasteiger partial charge is 0.305 e. The second-order valence-electron chi connectivity index (χ2n) is 19.4. The first-order valence-corrected chi connectivity index (χ1v) is 28.2. The first kappa shape index (κ1) is 65.4. The topological polar surface area (TPSA) is 140 Å². The molecule has 0 aliphatic heterocycles. The van der Waals surface area contributed by atoms with Gasteiger partial charge >= 0.3 is 11.9 Å². The normalized spacial score (nSPS) is 12.4. The highest BCUT2D eigenvalue weighted by Gasteiger charge is 2.24. The molecule has 0 heterocycles. The van der Waals surface area contributed by atoms with Crippen LogP contribution in [0.5, 0.6) is 0 Å². The van der Waals surface area contributed by atoms with Crippen molar-refractivity contribution in [2.45, 2.75) is 286 Å². The van der Waals surface area contributed by atoms with E-state index in [1.165, 1.54) is 128 Å². The highest BCUT2D eigenvalue weighted by atomic mass is 16.5. The van der Waals surface area contributed by atoms with Gasteiger partial charge in [-0.3, -0.25) is 24.0 Å². The van der Waals surface area contributed by atoms with E-state index in [9.17, 15) is 24.0 Å². The second-order valence-corrected chi connectivity index (χ2v) is 19.4. The number of carbonyl (C=O) groups is 5. The molecule has 0 radical (unpaired) electrons. The summed E-state index contributed by atoms with van der Waals surface area (Å²) in [6, 6.07) is -0.966. The molecule has 3 amide bonds. The number of rotatable bonds is 47. The number of hydrogen-bond donors (Lipinski definition) is 3. The number of esters is 2. The van der Waals surface area contributed by atoms with Crippen LogP contribution in [0.25, 0.3) is 0 Å². The van der Waals surface area contributed by atoms with E-state index >= 15 is 0 Å². The molecular weight excluding hydrogens is 827 g/mol. The Morgan fingerprint density at radius 1 is 0.409 bits per heavy atom. The minimum atomic E-state index is -0.966. The van der Waals surface area contributed by atoms with Crippen LogP contribution in [0.4, 0.5) is 0 Å². The Morgan fingerprint density at radius 3 is 1.18 bits per heavy atom. The van der Waals surface area contributed by atoms with Crippen LogP contribution in [0.15, 0.2) is 0 Å². The third-order valence-corrected chi connectivity index (χ3v) is 12.6. The molecule has 0 saturated carbocycles. The Balaban J connectivity index is 0. The summed E-state index contributed by atoms with van der Waals surface area (Å²) in [7, 11) is 0. The first-order chi connectivity index (χ1) is 32.1. The maximum Gasteiger partial charge on any atom is 0.305 e. The van der Waals surface area contributed by atoms with Crippen LogP contribution in [-0.4, -0.2) is 62.0 Å². The fourth-order valence-electron chi connectivity index (χ4n) is 8.19. The van der Waals surface area contributed by atoms with Crippen LogP contribution < -0.4 is 16.0 Å². The monoisotopic (exact) mass is 936 g/mol. The molecule has 0 rings (SSSR count). The van der Waals surface area contributed by atoms with Crippen LogP contribution in [0, 0.1) is 17.8 Å². The summed E-state index contributed by atoms with van der Waals surface area (Å²) in [6.45, 7) is 18.9. The van der Waals surface area contributed by atoms with E-state index < -0.39 is 6.04 Å². The van der Waals surface area contributed by atoms with Gasteiger partial charge in [0.15, 0.2) is 0 Å². The molecule has 3 N–H and O–H groups in total. The van der Waals surface area contributed by atoms with Gasteiger partial charge in [-0.05, 0) is 75.5 Å². The van der Waals surface area contributed by atoms with E-state index in [0.717, 1.165) is 38.5 Å². The minimum Gasteiger partial charge on any atom is -0.465 e. The number of carbonyl (C=O) groups excluding carboxylic acids is 5. The Hall–Kier alpha value is -2.65. The summed E-state index contributed by atoms with van der Waals surface area (Å²) < 4.78 is 11.5. The fourth-order valence-corrected chi connectivity index (χ4v) is 8.19. The van der Waals surface area contributed by atoms with E-state index in [4.69, 9.17) is 9.47 Å². The number of nitrogens with one attached hydrogen (secondary N) is 3. The molecule has 10 heteroatoms. The van der Waals surface area contributed by atoms with E-state index in [-0.39, 0.29) is 36.1 Å². The predicted octanol–water partition coefficient (Wildman–Crippen LogP) is 14.4. The summed E-state index contributed by atoms with van der Waals surface area (Å²) >= 11 is 0. The van der Waals surface area contributed by atoms with Gasteiger partial charge in [-0.2, -0.15) is 0 Å². The van der Waals surface area contributed by atoms with Crippen LogP contribution in [-0.2, 0) is 33.4 Å². The zero-order valence-electron chi connectivity index (χ0n) is 44.7. The summed E-state index contributed by atoms with van der Waals surface area (Å²) in [5.74, 6) is 0.0295. The molecule has 0 aromatic carbocycles. The molecule has 0 saturated heterocycles. The van der Waals surface area contributed by atoms with Gasteiger partial charge in [0.1, 0.15) is 6.04 Å². The van der Waals surface area contributed by atoms with Gasteiger partial charge in [-0.25, -0.2) is 0 Å². The predicted molar refractivity (Wildman–Crippen MR) is 277 cm³/mol. The summed E-state index contributed by atoms with van der Waals surface area (Å²) in [6.07, 6.45) is 35.6. The zero-order chi connectivity index (χ0) is 49.3. The first-order valence-electron chi connectivity index (χ1n) is 28.2. The van der Waals surface area contributed by atoms with Crippen LogP contribution in [0.1, 0.15) is 280 Å². The zero-order valence-corrected chi connectivity index (χ0v) is 44.7. The highest BCUT2D eigenvalue weighted by Crippen LogP contribution is 2.21. The number of ether oxygens (including phenoxy) is 2. The summed E-state index contributed by atoms with van der Waals surface area (Å²) in [5, 5.41) is 8.59. The molecule has 0 fully saturated rings. The molecule has 0 aliphatic carbocycles. The van der Waals surface area contributed by atoms with E-state index in [0.29, 0.717) is 95.4 Å². The summed E-state index contributed by atoms with van der Waals surface area (Å²) in [4.78, 5) is 64.1. The Labute approximate surface area is 408 Å². The molecule has 0 aromatic rings. The fraction of sp³-hybridized carbons (Fsp3) is 0.911. The molecule has 10 nitrogen and oxygen atoms in total. The van der Waals surface area contributed by atoms with E-state index in [1.54, 1.807) is 0 Å². The molecule has 3 atom stereocenters. The third-order valence-electron chi connectivity index (χ3n) is 12.6. The van der Waals surface area contributed by atoms with Crippen molar-refractivity contribution in [2.75, 3.05) is 26.3 Å². The molecule has 390 valence electrons. The lowest BCUT2D eigenvalue weighted by Gasteiger charge is -2.19. The average molecular weight is 937 g/mol. The average Bonchev–Trinajstić information content (AvgIpc) is 3.31. The standard InChI is InChI=1S/C54H103N3O7.C2H6/c1-7-11-15-19-21-27-35-47(33-25-17-13-9-3)44-63-52(60)37-29-23-31-41-55-51(59)43-49(57-50(58)40-39-46(5)6)54(62)56-42-32-24-30-38-53(61)64-45-48(34-26-18-14-10-4)36-28-22-20-16-12-8-2;1-2/h46-49H,7-45H2,1-6H3,(H,55,59)(H,56,62)(H,57,58);1-2H3. The van der Waals surface area contributed by atoms with Gasteiger partial charge in [0.2, 0.25) is 17.7 Å². The molecular formula is C56H109N3O7. The van der Waals surface area contributed by atoms with Crippen LogP contribution in [0.2, 0.25) is 0 Å². The molecule has 0 aliphatic rings. The number of unbranched alkanes of at least 4 members (excludes halogenated alkanes) is 20. The van der Waals surface area contributed by atoms with Gasteiger partial charge in [0.25, 0.3) is 0 Å². The maximum absolute atomic E-state index is 13.2. The molecule has 66 heavy (non-hydrogen) atoms. The number of amides is 3. The van der Waals surface area contributed by atoms with E-state index in [2.05, 4.69) is 43.6 Å². The van der Waals surface area contributed by atoms with Crippen molar-refractivity contribution >= 4 is 29.7 Å². The van der Waals surface area contributed by atoms with Crippen molar-refractivity contribution in [3.63, 3.8) is 0 Å². The van der Waals surface area contributed by atoms with Gasteiger partial charge in [0, 0.05) is 32.4 Å². The van der Waals surface area contributed by atoms with Crippen molar-refractivity contribution in [3.05, 3.63) is 0 Å². The van der Waals surface area contributed by atoms with Gasteiger partial charge in [-0.1, -0.05) is 197 Å². The Bertz CT molecular complexity index is 1130. The third kappa shape index (κ3) is 45.1. The maximum atomic E-state index is 13.2. The second kappa shape index (κ2) is 50.2. The SMILES string of the molecule is CC.CCCCCCCCC(CCCCCC)COC(=O)CCCCCNC(=O)CC(NC(=O)CCC(C)C)C(=O)NCCCCCC(=O)OCC(CCCCCC)CCCCCCCC. The van der Waals surface area contributed by atoms with Crippen molar-refractivity contribution in [3.8, 4) is 0 Å². The summed E-state index contributed by atoms with van der Waals surface area (Å²) in [5.41, 5.74) is 0. The quantitative estimate of drug-likeness (QED) is 0.0408. The molecule has 0 spiro atoms. The number of hydrogen-bond acceptors (Lipinski definition) is 7. The van der Waals surface area contributed by atoms with Gasteiger partial charge in [-0.15, -0.1) is 0 Å². The van der Waals surface area contributed by atoms with Crippen LogP contribution in [0.3, 0.4) is 0 Å². The largest absolute Gasteiger partial charge is 0.465 e. The Kier molecular flexibility index (Phi) is 49.8. The lowest BCUT2D eigenvalue weighted by atomic mass is 9.95. The lowest BCUT2D eigenvalue weighted by Crippen LogP contribution is -2.49. The Morgan fingerprint density at radius 2 is 0.773 bits per heavy atom. The van der Waals surface area contributed by atoms with Crippen molar-refractivity contribution in [1.29, 1.82) is 0 Å². The molecule has 0 bridgehead atoms. The van der Waals surface area contributed by atoms with E-state index in [1.807, 2.05) is 27.7 Å². The van der Waals surface area contributed by atoms with Gasteiger partial charge < -0.3 is 25.4 Å². The van der Waals surface area contributed by atoms with Crippen molar-refractivity contribution in [2.24, 2.45) is 17.8 Å². The minimum absolute atomic E-state index is 0.138. The van der Waals surface area contributed by atoms with Gasteiger partial charge in [0.05, 0.1) is 19.6 Å². The highest BCUT2D eigenvalue weighted by molar-refractivity contribution is 5.92. The van der Waals surface area contributed by atoms with Crippen molar-refractivity contribution in [1.82, 2.24) is 16.0 Å². The van der Waals surface area contributed by atoms with Crippen LogP contribution >= 0.6 is 0 Å². The van der Waals surface area contributed by atoms with Crippen molar-refractivity contribution < 1.29 is 33.4 Å². The molecule has 3 unspecified atom stereocenters. The lowest BCUT2D eigenvalue weighted by molar-refractivity contribution is -0.146.